The molecule has 8 nitrogen and oxygen atoms in total. The van der Waals surface area contributed by atoms with Gasteiger partial charge in [-0.15, -0.1) is 11.8 Å². The van der Waals surface area contributed by atoms with Crippen molar-refractivity contribution >= 4 is 51.8 Å². The lowest BCUT2D eigenvalue weighted by Gasteiger charge is -2.11. The Morgan fingerprint density at radius 2 is 1.68 bits per heavy atom. The third kappa shape index (κ3) is 4.60. The Labute approximate surface area is 202 Å². The molecule has 2 aromatic heterocycles. The van der Waals surface area contributed by atoms with E-state index >= 15 is 0 Å². The average Bonchev–Trinajstić information content (AvgIpc) is 3.22. The van der Waals surface area contributed by atoms with Crippen LogP contribution in [0.4, 0.5) is 22.0 Å². The van der Waals surface area contributed by atoms with Gasteiger partial charge in [-0.3, -0.25) is 4.79 Å². The number of thioether (sulfide) groups is 1. The SMILES string of the molecule is CSc1ccc(NC(=O)Nc2ccc(C)c(C(=O)c3cn(C(C)C)c4ncnc(N)c34)c2)cc1. The topological polar surface area (TPSA) is 115 Å². The Balaban J connectivity index is 1.62. The maximum Gasteiger partial charge on any atom is 0.323 e. The van der Waals surface area contributed by atoms with Crippen LogP contribution in [0.3, 0.4) is 0 Å². The minimum atomic E-state index is -0.395. The van der Waals surface area contributed by atoms with Gasteiger partial charge in [0.25, 0.3) is 0 Å². The number of hydrogen-bond acceptors (Lipinski definition) is 6. The number of anilines is 3. The van der Waals surface area contributed by atoms with Gasteiger partial charge in [0.15, 0.2) is 5.78 Å². The third-order valence-corrected chi connectivity index (χ3v) is 6.27. The predicted octanol–water partition coefficient (Wildman–Crippen LogP) is 5.50. The normalized spacial score (nSPS) is 11.1. The van der Waals surface area contributed by atoms with Crippen molar-refractivity contribution < 1.29 is 9.59 Å². The van der Waals surface area contributed by atoms with Gasteiger partial charge in [-0.1, -0.05) is 6.07 Å². The smallest absolute Gasteiger partial charge is 0.323 e. The standard InChI is InChI=1S/C25H26N6O2S/c1-14(2)31-12-20(21-23(26)27-13-28-24(21)31)22(32)19-11-17(6-5-15(19)3)30-25(33)29-16-7-9-18(34-4)10-8-16/h5-14H,1-4H3,(H2,26,27,28)(H2,29,30,33). The summed E-state index contributed by atoms with van der Waals surface area (Å²) in [4.78, 5) is 35.7. The van der Waals surface area contributed by atoms with Crippen LogP contribution in [-0.4, -0.2) is 32.6 Å². The number of carbonyl (C=O) groups is 2. The van der Waals surface area contributed by atoms with Gasteiger partial charge in [-0.2, -0.15) is 0 Å². The first kappa shape index (κ1) is 23.3. The number of urea groups is 1. The number of aromatic nitrogens is 3. The predicted molar refractivity (Wildman–Crippen MR) is 138 cm³/mol. The highest BCUT2D eigenvalue weighted by Crippen LogP contribution is 2.30. The zero-order valence-corrected chi connectivity index (χ0v) is 20.2. The molecule has 0 aliphatic heterocycles. The van der Waals surface area contributed by atoms with E-state index in [1.165, 1.54) is 6.33 Å². The van der Waals surface area contributed by atoms with Crippen molar-refractivity contribution in [3.63, 3.8) is 0 Å². The minimum absolute atomic E-state index is 0.0844. The monoisotopic (exact) mass is 474 g/mol. The fraction of sp³-hybridized carbons (Fsp3) is 0.200. The van der Waals surface area contributed by atoms with E-state index in [0.717, 1.165) is 10.5 Å². The van der Waals surface area contributed by atoms with Crippen LogP contribution in [0.2, 0.25) is 0 Å². The molecule has 0 saturated carbocycles. The number of nitrogens with zero attached hydrogens (tertiary/aromatic N) is 3. The summed E-state index contributed by atoms with van der Waals surface area (Å²) in [5.41, 5.74) is 9.60. The summed E-state index contributed by atoms with van der Waals surface area (Å²) >= 11 is 1.63. The van der Waals surface area contributed by atoms with Crippen molar-refractivity contribution in [3.8, 4) is 0 Å². The number of fused-ring (bicyclic) bond motifs is 1. The molecular formula is C25H26N6O2S. The van der Waals surface area contributed by atoms with Crippen LogP contribution in [0.15, 0.2) is 59.9 Å². The van der Waals surface area contributed by atoms with Gasteiger partial charge < -0.3 is 20.9 Å². The van der Waals surface area contributed by atoms with E-state index in [2.05, 4.69) is 20.6 Å². The lowest BCUT2D eigenvalue weighted by Crippen LogP contribution is -2.19. The van der Waals surface area contributed by atoms with E-state index in [4.69, 9.17) is 5.73 Å². The third-order valence-electron chi connectivity index (χ3n) is 5.53. The first-order valence-electron chi connectivity index (χ1n) is 10.8. The lowest BCUT2D eigenvalue weighted by molar-refractivity contribution is 0.103. The number of nitrogens with one attached hydrogen (secondary N) is 2. The number of amides is 2. The van der Waals surface area contributed by atoms with E-state index in [9.17, 15) is 9.59 Å². The zero-order valence-electron chi connectivity index (χ0n) is 19.4. The molecule has 0 aliphatic carbocycles. The van der Waals surface area contributed by atoms with Crippen LogP contribution in [0, 0.1) is 6.92 Å². The van der Waals surface area contributed by atoms with Crippen molar-refractivity contribution in [3.05, 3.63) is 71.7 Å². The molecule has 0 aliphatic rings. The minimum Gasteiger partial charge on any atom is -0.383 e. The molecule has 4 N–H and O–H groups in total. The molecule has 0 unspecified atom stereocenters. The Morgan fingerprint density at radius 3 is 2.35 bits per heavy atom. The number of rotatable bonds is 6. The molecular weight excluding hydrogens is 448 g/mol. The largest absolute Gasteiger partial charge is 0.383 e. The molecule has 4 rings (SSSR count). The molecule has 2 amide bonds. The van der Waals surface area contributed by atoms with Crippen LogP contribution < -0.4 is 16.4 Å². The molecule has 2 heterocycles. The van der Waals surface area contributed by atoms with Crippen molar-refractivity contribution in [2.45, 2.75) is 31.7 Å². The first-order chi connectivity index (χ1) is 16.3. The van der Waals surface area contributed by atoms with Gasteiger partial charge in [0.1, 0.15) is 17.8 Å². The number of benzene rings is 2. The molecule has 0 saturated heterocycles. The van der Waals surface area contributed by atoms with Crippen LogP contribution in [0.25, 0.3) is 11.0 Å². The maximum atomic E-state index is 13.6. The van der Waals surface area contributed by atoms with Gasteiger partial charge in [-0.25, -0.2) is 14.8 Å². The summed E-state index contributed by atoms with van der Waals surface area (Å²) in [5, 5.41) is 6.14. The second-order valence-electron chi connectivity index (χ2n) is 8.17. The number of nitrogens with two attached hydrogens (primary N) is 1. The number of ketones is 1. The average molecular weight is 475 g/mol. The summed E-state index contributed by atoms with van der Waals surface area (Å²) in [6.45, 7) is 5.87. The van der Waals surface area contributed by atoms with Gasteiger partial charge in [0.05, 0.1) is 10.9 Å². The van der Waals surface area contributed by atoms with E-state index in [1.54, 1.807) is 36.2 Å². The lowest BCUT2D eigenvalue weighted by atomic mass is 9.98. The van der Waals surface area contributed by atoms with Gasteiger partial charge in [0, 0.05) is 34.1 Å². The van der Waals surface area contributed by atoms with E-state index in [0.29, 0.717) is 33.5 Å². The van der Waals surface area contributed by atoms with Crippen LogP contribution >= 0.6 is 11.8 Å². The number of nitrogen functional groups attached to an aromatic ring is 1. The summed E-state index contributed by atoms with van der Waals surface area (Å²) in [5.74, 6) is 0.0478. The van der Waals surface area contributed by atoms with Crippen LogP contribution in [-0.2, 0) is 0 Å². The Kier molecular flexibility index (Phi) is 6.56. The molecule has 0 radical (unpaired) electrons. The van der Waals surface area contributed by atoms with Crippen molar-refractivity contribution in [1.82, 2.24) is 14.5 Å². The second kappa shape index (κ2) is 9.56. The number of aryl methyl sites for hydroxylation is 1. The highest BCUT2D eigenvalue weighted by Gasteiger charge is 2.22. The Hall–Kier alpha value is -3.85. The maximum absolute atomic E-state index is 13.6. The van der Waals surface area contributed by atoms with Crippen molar-refractivity contribution in [2.24, 2.45) is 0 Å². The van der Waals surface area contributed by atoms with Crippen molar-refractivity contribution in [2.75, 3.05) is 22.6 Å². The van der Waals surface area contributed by atoms with Crippen molar-refractivity contribution in [1.29, 1.82) is 0 Å². The second-order valence-corrected chi connectivity index (χ2v) is 9.05. The quantitative estimate of drug-likeness (QED) is 0.251. The molecule has 0 atom stereocenters. The Bertz CT molecular complexity index is 1380. The van der Waals surface area contributed by atoms with Gasteiger partial charge in [0.2, 0.25) is 0 Å². The van der Waals surface area contributed by atoms with Gasteiger partial charge >= 0.3 is 6.03 Å². The summed E-state index contributed by atoms with van der Waals surface area (Å²) in [6, 6.07) is 12.5. The van der Waals surface area contributed by atoms with Crippen LogP contribution in [0.5, 0.6) is 0 Å². The molecule has 174 valence electrons. The summed E-state index contributed by atoms with van der Waals surface area (Å²) in [7, 11) is 0. The molecule has 2 aromatic carbocycles. The molecule has 0 fully saturated rings. The van der Waals surface area contributed by atoms with E-state index < -0.39 is 6.03 Å². The van der Waals surface area contributed by atoms with E-state index in [-0.39, 0.29) is 17.6 Å². The summed E-state index contributed by atoms with van der Waals surface area (Å²) < 4.78 is 1.91. The molecule has 0 spiro atoms. The van der Waals surface area contributed by atoms with Gasteiger partial charge in [-0.05, 0) is 69.0 Å². The molecule has 9 heteroatoms. The van der Waals surface area contributed by atoms with Crippen LogP contribution in [0.1, 0.15) is 41.4 Å². The van der Waals surface area contributed by atoms with E-state index in [1.807, 2.05) is 55.9 Å². The molecule has 0 bridgehead atoms. The Morgan fingerprint density at radius 1 is 1.00 bits per heavy atom. The highest BCUT2D eigenvalue weighted by molar-refractivity contribution is 7.98. The fourth-order valence-corrected chi connectivity index (χ4v) is 4.14. The number of carbonyl (C=O) groups excluding carboxylic acids is 2. The summed E-state index contributed by atoms with van der Waals surface area (Å²) in [6.07, 6.45) is 5.16. The molecule has 4 aromatic rings. The fourth-order valence-electron chi connectivity index (χ4n) is 3.73. The number of hydrogen-bond donors (Lipinski definition) is 3. The zero-order chi connectivity index (χ0) is 24.4. The first-order valence-corrected chi connectivity index (χ1v) is 12.0. The highest BCUT2D eigenvalue weighted by atomic mass is 32.2. The molecule has 34 heavy (non-hydrogen) atoms.